The van der Waals surface area contributed by atoms with Crippen molar-refractivity contribution in [2.75, 3.05) is 19.8 Å². The van der Waals surface area contributed by atoms with Gasteiger partial charge >= 0.3 is 130 Å². The summed E-state index contributed by atoms with van der Waals surface area (Å²) in [6, 6.07) is 0. The molecule has 0 saturated carbocycles. The molecular formula is C12H26O7Zr. The molecule has 0 aliphatic heterocycles. The van der Waals surface area contributed by atoms with Crippen LogP contribution in [0.15, 0.2) is 0 Å². The zero-order chi connectivity index (χ0) is 15.4. The van der Waals surface area contributed by atoms with Gasteiger partial charge in [0.25, 0.3) is 0 Å². The normalized spacial score (nSPS) is 13.4. The van der Waals surface area contributed by atoms with E-state index in [1.54, 1.807) is 6.92 Å². The van der Waals surface area contributed by atoms with Crippen LogP contribution in [-0.2, 0) is 47.5 Å². The van der Waals surface area contributed by atoms with Crippen LogP contribution >= 0.6 is 0 Å². The zero-order valence-electron chi connectivity index (χ0n) is 12.7. The van der Waals surface area contributed by atoms with E-state index >= 15 is 0 Å². The van der Waals surface area contributed by atoms with Crippen molar-refractivity contribution in [1.29, 1.82) is 0 Å². The van der Waals surface area contributed by atoms with E-state index in [1.807, 2.05) is 20.8 Å². The van der Waals surface area contributed by atoms with Crippen molar-refractivity contribution in [3.8, 4) is 0 Å². The van der Waals surface area contributed by atoms with Crippen molar-refractivity contribution < 1.29 is 50.7 Å². The van der Waals surface area contributed by atoms with Gasteiger partial charge in [-0.05, 0) is 0 Å². The Hall–Kier alpha value is 0.443. The van der Waals surface area contributed by atoms with Crippen LogP contribution in [0, 0.1) is 0 Å². The molecule has 0 bridgehead atoms. The van der Waals surface area contributed by atoms with Gasteiger partial charge in [-0.3, -0.25) is 0 Å². The Labute approximate surface area is 129 Å². The summed E-state index contributed by atoms with van der Waals surface area (Å²) in [6.45, 7) is 8.77. The fraction of sp³-hybridized carbons (Fsp3) is 1.00. The number of ether oxygens (including phenoxy) is 3. The molecule has 0 fully saturated rings. The van der Waals surface area contributed by atoms with Gasteiger partial charge in [0.2, 0.25) is 0 Å². The molecule has 0 spiro atoms. The molecule has 0 aliphatic carbocycles. The molecule has 0 radical (unpaired) electrons. The third-order valence-corrected chi connectivity index (χ3v) is 2.87. The molecule has 0 aliphatic rings. The van der Waals surface area contributed by atoms with Gasteiger partial charge in [0.1, 0.15) is 0 Å². The van der Waals surface area contributed by atoms with Crippen LogP contribution in [-0.4, -0.2) is 35.1 Å². The first-order valence-electron chi connectivity index (χ1n) is 7.00. The quantitative estimate of drug-likeness (QED) is 0.300. The van der Waals surface area contributed by atoms with Gasteiger partial charge in [-0.1, -0.05) is 0 Å². The Morgan fingerprint density at radius 2 is 1.55 bits per heavy atom. The second-order valence-corrected chi connectivity index (χ2v) is 5.96. The van der Waals surface area contributed by atoms with E-state index in [-0.39, 0.29) is 0 Å². The Bertz CT molecular complexity index is 254. The molecule has 8 heteroatoms. The molecule has 0 aromatic rings. The van der Waals surface area contributed by atoms with Gasteiger partial charge in [-0.15, -0.1) is 0 Å². The van der Waals surface area contributed by atoms with E-state index in [1.165, 1.54) is 0 Å². The molecule has 0 saturated heterocycles. The molecule has 0 aromatic heterocycles. The van der Waals surface area contributed by atoms with Crippen LogP contribution in [0.2, 0.25) is 0 Å². The molecule has 1 N–H and O–H groups in total. The summed E-state index contributed by atoms with van der Waals surface area (Å²) >= 11 is -4.12. The first-order valence-corrected chi connectivity index (χ1v) is 10.1. The minimum atomic E-state index is -4.12. The summed E-state index contributed by atoms with van der Waals surface area (Å²) in [5.41, 5.74) is 0. The van der Waals surface area contributed by atoms with Crippen molar-refractivity contribution in [3.05, 3.63) is 0 Å². The molecule has 1 unspecified atom stereocenters. The molecular weight excluding hydrogens is 347 g/mol. The van der Waals surface area contributed by atoms with Crippen LogP contribution < -0.4 is 0 Å². The molecule has 1 atom stereocenters. The van der Waals surface area contributed by atoms with Gasteiger partial charge in [-0.25, -0.2) is 0 Å². The summed E-state index contributed by atoms with van der Waals surface area (Å²) in [6.07, 6.45) is 1.71. The van der Waals surface area contributed by atoms with Gasteiger partial charge in [0.05, 0.1) is 0 Å². The molecule has 0 rings (SSSR count). The predicted octanol–water partition coefficient (Wildman–Crippen LogP) is 2.04. The Morgan fingerprint density at radius 3 is 1.95 bits per heavy atom. The maximum absolute atomic E-state index is 10.8. The molecule has 7 nitrogen and oxygen atoms in total. The predicted molar refractivity (Wildman–Crippen MR) is 66.0 cm³/mol. The van der Waals surface area contributed by atoms with Crippen molar-refractivity contribution >= 4 is 0 Å². The van der Waals surface area contributed by atoms with E-state index in [9.17, 15) is 2.81 Å². The van der Waals surface area contributed by atoms with Crippen LogP contribution in [0.5, 0.6) is 0 Å². The third kappa shape index (κ3) is 8.03. The van der Waals surface area contributed by atoms with E-state index in [4.69, 9.17) is 22.3 Å². The molecule has 120 valence electrons. The first-order chi connectivity index (χ1) is 9.52. The second-order valence-electron chi connectivity index (χ2n) is 4.25. The number of hydrogen-bond donors (Lipinski definition) is 1. The standard InChI is InChI=1S/C12H26O5.H2O.O.Zr/c1-5-8-14-11(4)12(17-13,15-9-6-2)16-10-7-3;;;/h11,13H,5-10H2,1-4H3;1H2;;/q;;;+2/p-2. The summed E-state index contributed by atoms with van der Waals surface area (Å²) in [5.74, 6) is -1.61. The molecule has 20 heavy (non-hydrogen) atoms. The van der Waals surface area contributed by atoms with Gasteiger partial charge in [0.15, 0.2) is 0 Å². The Morgan fingerprint density at radius 1 is 1.05 bits per heavy atom. The molecule has 0 heterocycles. The molecule has 0 aromatic carbocycles. The summed E-state index contributed by atoms with van der Waals surface area (Å²) in [7, 11) is 0. The van der Waals surface area contributed by atoms with Crippen LogP contribution in [0.1, 0.15) is 47.0 Å². The second kappa shape index (κ2) is 12.0. The van der Waals surface area contributed by atoms with Crippen LogP contribution in [0.3, 0.4) is 0 Å². The van der Waals surface area contributed by atoms with Gasteiger partial charge < -0.3 is 0 Å². The first kappa shape index (κ1) is 20.4. The van der Waals surface area contributed by atoms with Crippen LogP contribution in [0.4, 0.5) is 0 Å². The van der Waals surface area contributed by atoms with E-state index in [0.717, 1.165) is 19.3 Å². The summed E-state index contributed by atoms with van der Waals surface area (Å²) in [4.78, 5) is 5.01. The van der Waals surface area contributed by atoms with Gasteiger partial charge in [0, 0.05) is 0 Å². The molecule has 0 amide bonds. The minimum absolute atomic E-state index is 0.357. The van der Waals surface area contributed by atoms with Crippen LogP contribution in [0.25, 0.3) is 0 Å². The topological polar surface area (TPSA) is 83.5 Å². The van der Waals surface area contributed by atoms with E-state index in [2.05, 4.69) is 2.96 Å². The number of rotatable bonds is 13. The zero-order valence-corrected chi connectivity index (χ0v) is 15.2. The summed E-state index contributed by atoms with van der Waals surface area (Å²) in [5, 5.41) is 0. The summed E-state index contributed by atoms with van der Waals surface area (Å²) < 4.78 is 40.9. The Kier molecular flexibility index (Phi) is 12.3. The van der Waals surface area contributed by atoms with E-state index < -0.39 is 34.7 Å². The Balaban J connectivity index is 4.89. The van der Waals surface area contributed by atoms with Gasteiger partial charge in [-0.2, -0.15) is 0 Å². The monoisotopic (exact) mass is 372 g/mol. The average Bonchev–Trinajstić information content (AvgIpc) is 2.44. The van der Waals surface area contributed by atoms with Crippen molar-refractivity contribution in [1.82, 2.24) is 0 Å². The SMILES string of the molecule is CCCOC(C)C(OCCC)(OCCC)O[O][Zr](=[O])[OH]. The fourth-order valence-electron chi connectivity index (χ4n) is 1.37. The van der Waals surface area contributed by atoms with Crippen molar-refractivity contribution in [2.24, 2.45) is 0 Å². The van der Waals surface area contributed by atoms with Crippen molar-refractivity contribution in [2.45, 2.75) is 59.0 Å². The fourth-order valence-corrected chi connectivity index (χ4v) is 1.83. The van der Waals surface area contributed by atoms with E-state index in [0.29, 0.717) is 19.8 Å². The third-order valence-electron chi connectivity index (χ3n) is 2.31. The number of hydrogen-bond acceptors (Lipinski definition) is 6. The van der Waals surface area contributed by atoms with Crippen molar-refractivity contribution in [3.63, 3.8) is 0 Å². The average molecular weight is 374 g/mol. The maximum atomic E-state index is 10.8.